The van der Waals surface area contributed by atoms with Crippen molar-refractivity contribution in [2.75, 3.05) is 13.2 Å². The standard InChI is InChI=1S/C22H36N2O28S4/c25-9-3-7(23-53(33,34)35)21(49-12(9)5-45-55(39,40)41)48-10-1-2-14(51-16(10)19(29)30)47-11-4-8(24-54(36,37)38)22(50-13(11)6-46-56(42,43)44)52-17(20(31)32)15(26)18(27)28/h7-17,21-26H,1-6H2,(H,27,28)(H,29,30)(H,31,32)(H,33,34,35)(H,36,37,38)(H,39,40,41)(H,42,43,44)/t7-,8?,9?,10+,11?,12?,13?,14+,15?,16?,17?,21?,22?/m0/s1. The van der Waals surface area contributed by atoms with Crippen LogP contribution in [-0.4, -0.2) is 188 Å². The van der Waals surface area contributed by atoms with E-state index in [1.807, 2.05) is 0 Å². The number of rotatable bonds is 20. The Labute approximate surface area is 315 Å². The fraction of sp³-hybridized carbons (Fsp3) is 0.864. The molecule has 0 radical (unpaired) electrons. The molecule has 30 nitrogen and oxygen atoms in total. The summed E-state index contributed by atoms with van der Waals surface area (Å²) in [7, 11) is -20.7. The van der Waals surface area contributed by atoms with E-state index >= 15 is 0 Å². The molecule has 11 N–H and O–H groups in total. The van der Waals surface area contributed by atoms with Crippen molar-refractivity contribution in [2.24, 2.45) is 0 Å². The number of carboxylic acid groups (broad SMARTS) is 3. The largest absolute Gasteiger partial charge is 0.479 e. The fourth-order valence-corrected chi connectivity index (χ4v) is 7.27. The summed E-state index contributed by atoms with van der Waals surface area (Å²) in [6.45, 7) is -2.29. The summed E-state index contributed by atoms with van der Waals surface area (Å²) >= 11 is 0. The molecule has 3 aliphatic heterocycles. The molecule has 0 aliphatic carbocycles. The highest BCUT2D eigenvalue weighted by Crippen LogP contribution is 2.33. The molecule has 3 fully saturated rings. The lowest BCUT2D eigenvalue weighted by molar-refractivity contribution is -0.315. The second kappa shape index (κ2) is 19.1. The second-order valence-corrected chi connectivity index (χ2v) is 16.4. The normalized spacial score (nSPS) is 33.3. The van der Waals surface area contributed by atoms with Crippen LogP contribution in [0.1, 0.15) is 25.7 Å². The van der Waals surface area contributed by atoms with Gasteiger partial charge in [-0.2, -0.15) is 43.1 Å². The predicted octanol–water partition coefficient (Wildman–Crippen LogP) is -5.99. The van der Waals surface area contributed by atoms with Crippen LogP contribution in [0.3, 0.4) is 0 Å². The van der Waals surface area contributed by atoms with Gasteiger partial charge in [-0.1, -0.05) is 0 Å². The second-order valence-electron chi connectivity index (χ2n) is 11.9. The Hall–Kier alpha value is -2.43. The van der Waals surface area contributed by atoms with E-state index in [1.165, 1.54) is 0 Å². The smallest absolute Gasteiger partial charge is 0.397 e. The van der Waals surface area contributed by atoms with E-state index in [0.717, 1.165) is 0 Å². The third-order valence-electron chi connectivity index (χ3n) is 7.73. The van der Waals surface area contributed by atoms with Crippen molar-refractivity contribution in [3.05, 3.63) is 0 Å². The number of nitrogens with one attached hydrogen (secondary N) is 2. The molecule has 13 atom stereocenters. The molecule has 326 valence electrons. The van der Waals surface area contributed by atoms with Crippen LogP contribution in [0.4, 0.5) is 0 Å². The first-order chi connectivity index (χ1) is 25.5. The highest BCUT2D eigenvalue weighted by Gasteiger charge is 2.49. The molecule has 56 heavy (non-hydrogen) atoms. The van der Waals surface area contributed by atoms with Gasteiger partial charge in [0.05, 0.1) is 43.6 Å². The van der Waals surface area contributed by atoms with Gasteiger partial charge in [-0.3, -0.25) is 18.2 Å². The first-order valence-electron chi connectivity index (χ1n) is 15.2. The maximum Gasteiger partial charge on any atom is 0.397 e. The van der Waals surface area contributed by atoms with Gasteiger partial charge in [0.25, 0.3) is 0 Å². The zero-order chi connectivity index (χ0) is 42.6. The minimum Gasteiger partial charge on any atom is -0.479 e. The molecular formula is C22H36N2O28S4. The average Bonchev–Trinajstić information content (AvgIpc) is 3.02. The minimum absolute atomic E-state index is 0.403. The molecule has 34 heteroatoms. The predicted molar refractivity (Wildman–Crippen MR) is 166 cm³/mol. The van der Waals surface area contributed by atoms with Crippen LogP contribution in [-0.2, 0) is 92.6 Å². The summed E-state index contributed by atoms with van der Waals surface area (Å²) in [5.74, 6) is -6.04. The number of aliphatic carboxylic acids is 3. The Morgan fingerprint density at radius 2 is 1.20 bits per heavy atom. The van der Waals surface area contributed by atoms with E-state index in [9.17, 15) is 77.6 Å². The van der Waals surface area contributed by atoms with Crippen molar-refractivity contribution >= 4 is 59.3 Å². The number of hydrogen-bond donors (Lipinski definition) is 11. The van der Waals surface area contributed by atoms with Gasteiger partial charge in [0, 0.05) is 6.42 Å². The molecule has 0 aromatic rings. The molecule has 3 rings (SSSR count). The van der Waals surface area contributed by atoms with Crippen molar-refractivity contribution in [3.8, 4) is 0 Å². The molecule has 0 aromatic heterocycles. The topological polar surface area (TPSA) is 468 Å². The Balaban J connectivity index is 1.87. The fourth-order valence-electron chi connectivity index (χ4n) is 5.48. The lowest BCUT2D eigenvalue weighted by Crippen LogP contribution is -2.60. The van der Waals surface area contributed by atoms with Crippen LogP contribution >= 0.6 is 0 Å². The molecule has 0 aromatic carbocycles. The molecule has 3 aliphatic rings. The van der Waals surface area contributed by atoms with Crippen LogP contribution < -0.4 is 9.44 Å². The Bertz CT molecular complexity index is 1840. The van der Waals surface area contributed by atoms with Gasteiger partial charge >= 0.3 is 59.3 Å². The van der Waals surface area contributed by atoms with Gasteiger partial charge in [0.1, 0.15) is 12.2 Å². The number of aliphatic hydroxyl groups is 2. The third-order valence-corrected chi connectivity index (χ3v) is 9.80. The third kappa shape index (κ3) is 15.4. The van der Waals surface area contributed by atoms with E-state index in [-0.39, 0.29) is 0 Å². The number of carbonyl (C=O) groups is 3. The Kier molecular flexibility index (Phi) is 16.3. The van der Waals surface area contributed by atoms with Crippen molar-refractivity contribution in [1.29, 1.82) is 0 Å². The zero-order valence-corrected chi connectivity index (χ0v) is 30.9. The summed E-state index contributed by atoms with van der Waals surface area (Å²) < 4.78 is 172. The number of carboxylic acids is 3. The van der Waals surface area contributed by atoms with Crippen molar-refractivity contribution in [1.82, 2.24) is 9.44 Å². The lowest BCUT2D eigenvalue weighted by atomic mass is 9.99. The van der Waals surface area contributed by atoms with Crippen molar-refractivity contribution in [3.63, 3.8) is 0 Å². The maximum absolute atomic E-state index is 12.3. The van der Waals surface area contributed by atoms with E-state index in [4.69, 9.17) is 42.6 Å². The molecule has 0 spiro atoms. The molecule has 0 saturated carbocycles. The minimum atomic E-state index is -5.28. The average molecular weight is 905 g/mol. The Morgan fingerprint density at radius 1 is 0.679 bits per heavy atom. The molecule has 10 unspecified atom stereocenters. The highest BCUT2D eigenvalue weighted by molar-refractivity contribution is 7.84. The van der Waals surface area contributed by atoms with Gasteiger partial charge in [-0.15, -0.1) is 0 Å². The van der Waals surface area contributed by atoms with Gasteiger partial charge in [-0.05, 0) is 19.3 Å². The number of aliphatic hydroxyl groups excluding tert-OH is 2. The van der Waals surface area contributed by atoms with E-state index in [1.54, 1.807) is 9.44 Å². The van der Waals surface area contributed by atoms with E-state index in [0.29, 0.717) is 0 Å². The molecule has 3 saturated heterocycles. The number of ether oxygens (including phenoxy) is 6. The molecular weight excluding hydrogens is 868 g/mol. The zero-order valence-electron chi connectivity index (χ0n) is 27.7. The Morgan fingerprint density at radius 3 is 1.68 bits per heavy atom. The van der Waals surface area contributed by atoms with Gasteiger partial charge < -0.3 is 54.0 Å². The van der Waals surface area contributed by atoms with Crippen LogP contribution in [0.2, 0.25) is 0 Å². The highest BCUT2D eigenvalue weighted by atomic mass is 32.3. The van der Waals surface area contributed by atoms with Crippen LogP contribution in [0.5, 0.6) is 0 Å². The van der Waals surface area contributed by atoms with Gasteiger partial charge in [0.15, 0.2) is 37.2 Å². The van der Waals surface area contributed by atoms with E-state index in [2.05, 4.69) is 8.37 Å². The summed E-state index contributed by atoms with van der Waals surface area (Å²) in [6.07, 6.45) is -24.4. The summed E-state index contributed by atoms with van der Waals surface area (Å²) in [6, 6.07) is -3.63. The molecule has 3 heterocycles. The van der Waals surface area contributed by atoms with E-state index < -0.39 is 178 Å². The molecule has 0 bridgehead atoms. The van der Waals surface area contributed by atoms with Crippen LogP contribution in [0.15, 0.2) is 0 Å². The summed E-state index contributed by atoms with van der Waals surface area (Å²) in [5.41, 5.74) is 0. The van der Waals surface area contributed by atoms with Crippen molar-refractivity contribution < 1.29 is 129 Å². The maximum atomic E-state index is 12.3. The number of hydrogen-bond acceptors (Lipinski definition) is 21. The monoisotopic (exact) mass is 904 g/mol. The van der Waals surface area contributed by atoms with Gasteiger partial charge in [0.2, 0.25) is 0 Å². The summed E-state index contributed by atoms with van der Waals surface area (Å²) in [4.78, 5) is 35.2. The van der Waals surface area contributed by atoms with Crippen LogP contribution in [0.25, 0.3) is 0 Å². The SMILES string of the molecule is O=C(O)C(O)C(OC1OC(COS(=O)(=O)O)C(O[C@H]2CC[C@@H](OC3OC(COS(=O)(=O)O)C(O)C[C@@H]3NS(=O)(=O)O)C(C(=O)O)O2)CC1NS(=O)(=O)O)C(=O)O. The van der Waals surface area contributed by atoms with Gasteiger partial charge in [-0.25, -0.2) is 22.7 Å². The quantitative estimate of drug-likeness (QED) is 0.0507. The lowest BCUT2D eigenvalue weighted by Gasteiger charge is -2.44. The van der Waals surface area contributed by atoms with Crippen LogP contribution in [0, 0.1) is 0 Å². The molecule has 0 amide bonds. The summed E-state index contributed by atoms with van der Waals surface area (Å²) in [5, 5.41) is 48.5. The van der Waals surface area contributed by atoms with Crippen molar-refractivity contribution in [2.45, 2.75) is 105 Å². The first kappa shape index (κ1) is 47.9. The first-order valence-corrected chi connectivity index (χ1v) is 20.8.